The van der Waals surface area contributed by atoms with Gasteiger partial charge in [0.15, 0.2) is 0 Å². The molecule has 0 unspecified atom stereocenters. The van der Waals surface area contributed by atoms with Gasteiger partial charge < -0.3 is 15.1 Å². The number of anilines is 1. The molecule has 1 aromatic heterocycles. The van der Waals surface area contributed by atoms with Crippen LogP contribution in [0.3, 0.4) is 0 Å². The van der Waals surface area contributed by atoms with Crippen molar-refractivity contribution in [3.63, 3.8) is 0 Å². The molecule has 1 aromatic carbocycles. The highest BCUT2D eigenvalue weighted by Gasteiger charge is 2.51. The van der Waals surface area contributed by atoms with Crippen molar-refractivity contribution in [3.05, 3.63) is 53.0 Å². The largest absolute Gasteiger partial charge is 0.466 e. The number of nitrogens with zero attached hydrogens (tertiary/aromatic N) is 1. The predicted octanol–water partition coefficient (Wildman–Crippen LogP) is 2.58. The van der Waals surface area contributed by atoms with Crippen LogP contribution in [0.15, 0.2) is 28.7 Å². The molecule has 0 bridgehead atoms. The molecule has 0 saturated carbocycles. The Morgan fingerprint density at radius 1 is 1.26 bits per heavy atom. The first-order valence-corrected chi connectivity index (χ1v) is 8.08. The van der Waals surface area contributed by atoms with E-state index in [0.717, 1.165) is 18.2 Å². The number of hydrogen-bond acceptors (Lipinski definition) is 4. The number of urea groups is 1. The van der Waals surface area contributed by atoms with E-state index in [-0.39, 0.29) is 5.69 Å². The molecular weight excluding hydrogens is 360 g/mol. The van der Waals surface area contributed by atoms with E-state index >= 15 is 0 Å². The number of hydrogen-bond donors (Lipinski definition) is 2. The smallest absolute Gasteiger partial charge is 0.325 e. The topological polar surface area (TPSA) is 91.7 Å². The van der Waals surface area contributed by atoms with E-state index in [2.05, 4.69) is 10.6 Å². The van der Waals surface area contributed by atoms with Crippen molar-refractivity contribution in [2.75, 3.05) is 11.9 Å². The Morgan fingerprint density at radius 2 is 1.96 bits per heavy atom. The van der Waals surface area contributed by atoms with Crippen molar-refractivity contribution in [2.45, 2.75) is 26.3 Å². The molecule has 2 heterocycles. The van der Waals surface area contributed by atoms with Gasteiger partial charge in [0.25, 0.3) is 5.91 Å². The standard InChI is InChI=1S/C18H17F2N3O4/c1-9-6-12(10(2)27-9)18(3)16(25)23(17(26)22-18)8-15(24)21-14-7-11(19)4-5-13(14)20/h4-7H,8H2,1-3H3,(H,21,24)(H,22,26)/t18-/m0/s1. The SMILES string of the molecule is Cc1cc([C@]2(C)NC(=O)N(CC(=O)Nc3cc(F)ccc3F)C2=O)c(C)o1. The summed E-state index contributed by atoms with van der Waals surface area (Å²) < 4.78 is 32.3. The fourth-order valence-electron chi connectivity index (χ4n) is 3.08. The molecule has 0 radical (unpaired) electrons. The Morgan fingerprint density at radius 3 is 2.59 bits per heavy atom. The van der Waals surface area contributed by atoms with Gasteiger partial charge in [-0.25, -0.2) is 13.6 Å². The summed E-state index contributed by atoms with van der Waals surface area (Å²) in [4.78, 5) is 37.9. The van der Waals surface area contributed by atoms with Gasteiger partial charge in [0.2, 0.25) is 5.91 Å². The van der Waals surface area contributed by atoms with Gasteiger partial charge in [-0.3, -0.25) is 14.5 Å². The van der Waals surface area contributed by atoms with Crippen LogP contribution in [0.1, 0.15) is 24.0 Å². The molecule has 142 valence electrons. The first kappa shape index (κ1) is 18.6. The lowest BCUT2D eigenvalue weighted by molar-refractivity contribution is -0.133. The molecule has 3 rings (SSSR count). The third-order valence-corrected chi connectivity index (χ3v) is 4.36. The molecule has 27 heavy (non-hydrogen) atoms. The molecule has 1 atom stereocenters. The number of furan rings is 1. The van der Waals surface area contributed by atoms with Crippen molar-refractivity contribution >= 4 is 23.5 Å². The Hall–Kier alpha value is -3.23. The highest BCUT2D eigenvalue weighted by molar-refractivity contribution is 6.10. The van der Waals surface area contributed by atoms with Gasteiger partial charge in [0, 0.05) is 11.6 Å². The summed E-state index contributed by atoms with van der Waals surface area (Å²) >= 11 is 0. The highest BCUT2D eigenvalue weighted by Crippen LogP contribution is 2.32. The molecule has 0 spiro atoms. The highest BCUT2D eigenvalue weighted by atomic mass is 19.1. The molecule has 2 N–H and O–H groups in total. The third kappa shape index (κ3) is 3.27. The second-order valence-electron chi connectivity index (χ2n) is 6.45. The summed E-state index contributed by atoms with van der Waals surface area (Å²) in [5.74, 6) is -2.02. The maximum absolute atomic E-state index is 13.6. The van der Waals surface area contributed by atoms with Crippen LogP contribution in [0, 0.1) is 25.5 Å². The number of benzene rings is 1. The van der Waals surface area contributed by atoms with E-state index in [0.29, 0.717) is 22.0 Å². The second-order valence-corrected chi connectivity index (χ2v) is 6.45. The fraction of sp³-hybridized carbons (Fsp3) is 0.278. The average Bonchev–Trinajstić information content (AvgIpc) is 3.03. The van der Waals surface area contributed by atoms with E-state index in [4.69, 9.17) is 4.42 Å². The maximum atomic E-state index is 13.6. The molecule has 1 saturated heterocycles. The van der Waals surface area contributed by atoms with Crippen molar-refractivity contribution in [2.24, 2.45) is 0 Å². The van der Waals surface area contributed by atoms with Crippen molar-refractivity contribution < 1.29 is 27.6 Å². The summed E-state index contributed by atoms with van der Waals surface area (Å²) in [7, 11) is 0. The quantitative estimate of drug-likeness (QED) is 0.801. The normalized spacial score (nSPS) is 19.4. The number of aryl methyl sites for hydroxylation is 2. The number of rotatable bonds is 4. The number of nitrogens with one attached hydrogen (secondary N) is 2. The van der Waals surface area contributed by atoms with Crippen LogP contribution in [0.25, 0.3) is 0 Å². The minimum atomic E-state index is -1.39. The zero-order valence-corrected chi connectivity index (χ0v) is 14.9. The summed E-state index contributed by atoms with van der Waals surface area (Å²) in [5.41, 5.74) is -1.28. The molecular formula is C18H17F2N3O4. The van der Waals surface area contributed by atoms with Crippen molar-refractivity contribution in [1.82, 2.24) is 10.2 Å². The second kappa shape index (κ2) is 6.49. The average molecular weight is 377 g/mol. The molecule has 9 heteroatoms. The first-order chi connectivity index (χ1) is 12.6. The van der Waals surface area contributed by atoms with Crippen LogP contribution in [-0.2, 0) is 15.1 Å². The van der Waals surface area contributed by atoms with Gasteiger partial charge in [0.05, 0.1) is 5.69 Å². The number of halogens is 2. The summed E-state index contributed by atoms with van der Waals surface area (Å²) in [6.45, 7) is 4.23. The Kier molecular flexibility index (Phi) is 4.46. The van der Waals surface area contributed by atoms with Crippen LogP contribution < -0.4 is 10.6 Å². The van der Waals surface area contributed by atoms with Crippen LogP contribution in [-0.4, -0.2) is 29.3 Å². The van der Waals surface area contributed by atoms with Crippen LogP contribution >= 0.6 is 0 Å². The van der Waals surface area contributed by atoms with Gasteiger partial charge in [0.1, 0.15) is 35.2 Å². The molecule has 7 nitrogen and oxygen atoms in total. The van der Waals surface area contributed by atoms with E-state index < -0.39 is 41.6 Å². The van der Waals surface area contributed by atoms with E-state index in [1.54, 1.807) is 19.9 Å². The molecule has 4 amide bonds. The predicted molar refractivity (Wildman–Crippen MR) is 90.8 cm³/mol. The van der Waals surface area contributed by atoms with Gasteiger partial charge >= 0.3 is 6.03 Å². The van der Waals surface area contributed by atoms with Gasteiger partial charge in [-0.2, -0.15) is 0 Å². The Labute approximate surface area is 153 Å². The summed E-state index contributed by atoms with van der Waals surface area (Å²) in [6, 6.07) is 3.44. The van der Waals surface area contributed by atoms with Crippen LogP contribution in [0.5, 0.6) is 0 Å². The Balaban J connectivity index is 1.78. The number of amides is 4. The summed E-state index contributed by atoms with van der Waals surface area (Å²) in [6.07, 6.45) is 0. The zero-order valence-electron chi connectivity index (χ0n) is 14.9. The van der Waals surface area contributed by atoms with Gasteiger partial charge in [-0.1, -0.05) is 0 Å². The number of imide groups is 1. The van der Waals surface area contributed by atoms with Crippen LogP contribution in [0.4, 0.5) is 19.3 Å². The van der Waals surface area contributed by atoms with E-state index in [1.165, 1.54) is 6.92 Å². The minimum Gasteiger partial charge on any atom is -0.466 e. The van der Waals surface area contributed by atoms with Crippen molar-refractivity contribution in [3.8, 4) is 0 Å². The van der Waals surface area contributed by atoms with Gasteiger partial charge in [-0.15, -0.1) is 0 Å². The van der Waals surface area contributed by atoms with Crippen molar-refractivity contribution in [1.29, 1.82) is 0 Å². The molecule has 1 aliphatic rings. The zero-order chi connectivity index (χ0) is 19.9. The van der Waals surface area contributed by atoms with E-state index in [9.17, 15) is 23.2 Å². The molecule has 1 aliphatic heterocycles. The fourth-order valence-corrected chi connectivity index (χ4v) is 3.08. The lowest BCUT2D eigenvalue weighted by Gasteiger charge is -2.21. The number of carbonyl (C=O) groups is 3. The summed E-state index contributed by atoms with van der Waals surface area (Å²) in [5, 5.41) is 4.71. The lowest BCUT2D eigenvalue weighted by atomic mass is 9.92. The molecule has 0 aliphatic carbocycles. The lowest BCUT2D eigenvalue weighted by Crippen LogP contribution is -2.42. The minimum absolute atomic E-state index is 0.379. The first-order valence-electron chi connectivity index (χ1n) is 8.08. The monoisotopic (exact) mass is 377 g/mol. The number of carbonyl (C=O) groups excluding carboxylic acids is 3. The third-order valence-electron chi connectivity index (χ3n) is 4.36. The van der Waals surface area contributed by atoms with Gasteiger partial charge in [-0.05, 0) is 39.0 Å². The van der Waals surface area contributed by atoms with Crippen LogP contribution in [0.2, 0.25) is 0 Å². The molecule has 2 aromatic rings. The maximum Gasteiger partial charge on any atom is 0.325 e. The van der Waals surface area contributed by atoms with E-state index in [1.807, 2.05) is 0 Å². The molecule has 1 fully saturated rings. The Bertz CT molecular complexity index is 956.